The number of nitrogens with one attached hydrogen (secondary N) is 1. The summed E-state index contributed by atoms with van der Waals surface area (Å²) < 4.78 is 0. The molecule has 1 atom stereocenters. The molecule has 0 spiro atoms. The number of carboxylic acid groups (broad SMARTS) is 1. The highest BCUT2D eigenvalue weighted by Gasteiger charge is 2.24. The highest BCUT2D eigenvalue weighted by Crippen LogP contribution is 2.17. The van der Waals surface area contributed by atoms with Crippen LogP contribution in [0.1, 0.15) is 26.2 Å². The molecule has 1 aliphatic carbocycles. The van der Waals surface area contributed by atoms with E-state index in [1.165, 1.54) is 0 Å². The summed E-state index contributed by atoms with van der Waals surface area (Å²) in [5.74, 6) is -1.18. The van der Waals surface area contributed by atoms with E-state index in [-0.39, 0.29) is 11.8 Å². The van der Waals surface area contributed by atoms with Gasteiger partial charge in [-0.2, -0.15) is 0 Å². The summed E-state index contributed by atoms with van der Waals surface area (Å²) in [4.78, 5) is 22.2. The number of aliphatic carboxylic acids is 1. The minimum atomic E-state index is -0.966. The predicted molar refractivity (Wildman–Crippen MR) is 51.7 cm³/mol. The number of carboxylic acids is 1. The second kappa shape index (κ2) is 4.79. The SMILES string of the molecule is CC[C@H](NC(=O)C1CC=CC1)C(=O)O. The summed E-state index contributed by atoms with van der Waals surface area (Å²) >= 11 is 0. The molecule has 1 rings (SSSR count). The van der Waals surface area contributed by atoms with Gasteiger partial charge in [-0.05, 0) is 19.3 Å². The van der Waals surface area contributed by atoms with Crippen molar-refractivity contribution in [2.24, 2.45) is 5.92 Å². The minimum absolute atomic E-state index is 0.0663. The second-order valence-electron chi connectivity index (χ2n) is 3.45. The van der Waals surface area contributed by atoms with E-state index >= 15 is 0 Å². The molecule has 1 amide bonds. The van der Waals surface area contributed by atoms with Crippen LogP contribution >= 0.6 is 0 Å². The fraction of sp³-hybridized carbons (Fsp3) is 0.600. The molecule has 0 aromatic rings. The van der Waals surface area contributed by atoms with Crippen LogP contribution < -0.4 is 5.32 Å². The van der Waals surface area contributed by atoms with Gasteiger partial charge in [-0.1, -0.05) is 19.1 Å². The molecule has 0 aliphatic heterocycles. The molecule has 0 heterocycles. The van der Waals surface area contributed by atoms with Gasteiger partial charge in [0, 0.05) is 5.92 Å². The van der Waals surface area contributed by atoms with Crippen LogP contribution in [0.3, 0.4) is 0 Å². The molecule has 4 nitrogen and oxygen atoms in total. The first-order valence-corrected chi connectivity index (χ1v) is 4.83. The van der Waals surface area contributed by atoms with Crippen LogP contribution in [-0.2, 0) is 9.59 Å². The quantitative estimate of drug-likeness (QED) is 0.659. The van der Waals surface area contributed by atoms with E-state index in [0.717, 1.165) is 12.8 Å². The third-order valence-electron chi connectivity index (χ3n) is 2.40. The zero-order valence-corrected chi connectivity index (χ0v) is 8.19. The molecule has 14 heavy (non-hydrogen) atoms. The number of rotatable bonds is 4. The molecule has 0 fully saturated rings. The fourth-order valence-electron chi connectivity index (χ4n) is 1.46. The Morgan fingerprint density at radius 3 is 2.50 bits per heavy atom. The van der Waals surface area contributed by atoms with Gasteiger partial charge in [-0.25, -0.2) is 4.79 Å². The van der Waals surface area contributed by atoms with E-state index in [1.807, 2.05) is 12.2 Å². The maximum atomic E-state index is 11.5. The van der Waals surface area contributed by atoms with Gasteiger partial charge in [0.2, 0.25) is 5.91 Å². The summed E-state index contributed by atoms with van der Waals surface area (Å²) in [5, 5.41) is 11.3. The second-order valence-corrected chi connectivity index (χ2v) is 3.45. The van der Waals surface area contributed by atoms with E-state index < -0.39 is 12.0 Å². The van der Waals surface area contributed by atoms with Gasteiger partial charge in [-0.15, -0.1) is 0 Å². The van der Waals surface area contributed by atoms with Gasteiger partial charge in [0.1, 0.15) is 6.04 Å². The summed E-state index contributed by atoms with van der Waals surface area (Å²) in [7, 11) is 0. The van der Waals surface area contributed by atoms with E-state index in [0.29, 0.717) is 6.42 Å². The Bertz CT molecular complexity index is 252. The van der Waals surface area contributed by atoms with Crippen molar-refractivity contribution in [2.75, 3.05) is 0 Å². The zero-order chi connectivity index (χ0) is 10.6. The van der Waals surface area contributed by atoms with Crippen molar-refractivity contribution in [1.82, 2.24) is 5.32 Å². The van der Waals surface area contributed by atoms with E-state index in [1.54, 1.807) is 6.92 Å². The molecule has 78 valence electrons. The molecular formula is C10H15NO3. The first-order chi connectivity index (χ1) is 6.65. The predicted octanol–water partition coefficient (Wildman–Crippen LogP) is 0.932. The fourth-order valence-corrected chi connectivity index (χ4v) is 1.46. The maximum Gasteiger partial charge on any atom is 0.326 e. The van der Waals surface area contributed by atoms with Crippen LogP contribution in [0, 0.1) is 5.92 Å². The first-order valence-electron chi connectivity index (χ1n) is 4.83. The number of amides is 1. The number of carbonyl (C=O) groups is 2. The van der Waals surface area contributed by atoms with E-state index in [2.05, 4.69) is 5.32 Å². The Kier molecular flexibility index (Phi) is 3.68. The highest BCUT2D eigenvalue weighted by atomic mass is 16.4. The lowest BCUT2D eigenvalue weighted by Crippen LogP contribution is -2.42. The number of carbonyl (C=O) groups excluding carboxylic acids is 1. The third kappa shape index (κ3) is 2.58. The van der Waals surface area contributed by atoms with Crippen molar-refractivity contribution < 1.29 is 14.7 Å². The summed E-state index contributed by atoms with van der Waals surface area (Å²) in [6, 6.07) is -0.747. The lowest BCUT2D eigenvalue weighted by Gasteiger charge is -2.15. The average Bonchev–Trinajstić information content (AvgIpc) is 2.65. The summed E-state index contributed by atoms with van der Waals surface area (Å²) in [6.07, 6.45) is 5.77. The Balaban J connectivity index is 2.42. The molecule has 0 saturated heterocycles. The van der Waals surface area contributed by atoms with Crippen molar-refractivity contribution in [1.29, 1.82) is 0 Å². The number of hydrogen-bond donors (Lipinski definition) is 2. The van der Waals surface area contributed by atoms with Crippen molar-refractivity contribution in [2.45, 2.75) is 32.2 Å². The van der Waals surface area contributed by atoms with Crippen LogP contribution in [0.2, 0.25) is 0 Å². The molecule has 0 radical (unpaired) electrons. The summed E-state index contributed by atoms with van der Waals surface area (Å²) in [6.45, 7) is 1.74. The lowest BCUT2D eigenvalue weighted by atomic mass is 10.1. The minimum Gasteiger partial charge on any atom is -0.480 e. The molecule has 0 aromatic heterocycles. The van der Waals surface area contributed by atoms with Gasteiger partial charge in [-0.3, -0.25) is 4.79 Å². The van der Waals surface area contributed by atoms with Crippen LogP contribution in [0.25, 0.3) is 0 Å². The molecular weight excluding hydrogens is 182 g/mol. The first kappa shape index (κ1) is 10.8. The van der Waals surface area contributed by atoms with Crippen molar-refractivity contribution in [3.63, 3.8) is 0 Å². The van der Waals surface area contributed by atoms with Crippen molar-refractivity contribution in [3.05, 3.63) is 12.2 Å². The monoisotopic (exact) mass is 197 g/mol. The van der Waals surface area contributed by atoms with Crippen LogP contribution in [0.15, 0.2) is 12.2 Å². The zero-order valence-electron chi connectivity index (χ0n) is 8.19. The van der Waals surface area contributed by atoms with Crippen LogP contribution in [0.4, 0.5) is 0 Å². The van der Waals surface area contributed by atoms with Crippen LogP contribution in [0.5, 0.6) is 0 Å². The Hall–Kier alpha value is -1.32. The topological polar surface area (TPSA) is 66.4 Å². The third-order valence-corrected chi connectivity index (χ3v) is 2.40. The molecule has 0 unspecified atom stereocenters. The maximum absolute atomic E-state index is 11.5. The van der Waals surface area contributed by atoms with Crippen molar-refractivity contribution >= 4 is 11.9 Å². The molecule has 4 heteroatoms. The van der Waals surface area contributed by atoms with Crippen molar-refractivity contribution in [3.8, 4) is 0 Å². The Morgan fingerprint density at radius 2 is 2.07 bits per heavy atom. The number of hydrogen-bond acceptors (Lipinski definition) is 2. The van der Waals surface area contributed by atoms with Gasteiger partial charge < -0.3 is 10.4 Å². The van der Waals surface area contributed by atoms with E-state index in [9.17, 15) is 9.59 Å². The Labute approximate surface area is 83.0 Å². The average molecular weight is 197 g/mol. The van der Waals surface area contributed by atoms with Gasteiger partial charge >= 0.3 is 5.97 Å². The smallest absolute Gasteiger partial charge is 0.326 e. The van der Waals surface area contributed by atoms with Crippen LogP contribution in [-0.4, -0.2) is 23.0 Å². The van der Waals surface area contributed by atoms with E-state index in [4.69, 9.17) is 5.11 Å². The molecule has 1 aliphatic rings. The molecule has 2 N–H and O–H groups in total. The highest BCUT2D eigenvalue weighted by molar-refractivity contribution is 5.85. The normalized spacial score (nSPS) is 18.1. The van der Waals surface area contributed by atoms with Gasteiger partial charge in [0.15, 0.2) is 0 Å². The largest absolute Gasteiger partial charge is 0.480 e. The number of allylic oxidation sites excluding steroid dienone is 2. The molecule has 0 bridgehead atoms. The van der Waals surface area contributed by atoms with Gasteiger partial charge in [0.25, 0.3) is 0 Å². The summed E-state index contributed by atoms with van der Waals surface area (Å²) in [5.41, 5.74) is 0. The van der Waals surface area contributed by atoms with Gasteiger partial charge in [0.05, 0.1) is 0 Å². The Morgan fingerprint density at radius 1 is 1.50 bits per heavy atom. The standard InChI is InChI=1S/C10H15NO3/c1-2-8(10(13)14)11-9(12)7-5-3-4-6-7/h3-4,7-8H,2,5-6H2,1H3,(H,11,12)(H,13,14)/t8-/m0/s1. The molecule has 0 aromatic carbocycles. The lowest BCUT2D eigenvalue weighted by molar-refractivity contribution is -0.142. The molecule has 0 saturated carbocycles.